The molecule has 0 rings (SSSR count). The molecule has 0 atom stereocenters. The van der Waals surface area contributed by atoms with Crippen LogP contribution < -0.4 is 0 Å². The zero-order valence-corrected chi connectivity index (χ0v) is 14.3. The fraction of sp³-hybridized carbons (Fsp3) is 0.750. The summed E-state index contributed by atoms with van der Waals surface area (Å²) in [6.45, 7) is 2.18. The Morgan fingerprint density at radius 1 is 1.25 bits per heavy atom. The van der Waals surface area contributed by atoms with E-state index in [2.05, 4.69) is 0 Å². The van der Waals surface area contributed by atoms with Crippen LogP contribution >= 0.6 is 11.8 Å². The van der Waals surface area contributed by atoms with Gasteiger partial charge in [0.1, 0.15) is 0 Å². The van der Waals surface area contributed by atoms with Crippen molar-refractivity contribution in [1.29, 1.82) is 0 Å². The average molecular weight is 324 g/mol. The van der Waals surface area contributed by atoms with E-state index in [-0.39, 0.29) is 19.2 Å². The average Bonchev–Trinajstić information content (AvgIpc) is 2.46. The maximum absolute atomic E-state index is 11.5. The first-order valence-corrected chi connectivity index (χ1v) is 9.19. The van der Waals surface area contributed by atoms with E-state index in [1.807, 2.05) is 0 Å². The van der Waals surface area contributed by atoms with Gasteiger partial charge in [-0.15, -0.1) is 11.8 Å². The molecule has 0 aromatic rings. The molecule has 1 N–H and O–H groups in total. The van der Waals surface area contributed by atoms with Gasteiger partial charge in [-0.3, -0.25) is 0 Å². The van der Waals surface area contributed by atoms with Crippen LogP contribution in [0.25, 0.3) is 0 Å². The predicted molar refractivity (Wildman–Crippen MR) is 80.5 cm³/mol. The minimum atomic E-state index is -2.58. The normalized spacial score (nSPS) is 12.6. The number of aliphatic hydroxyl groups is 1. The zero-order chi connectivity index (χ0) is 15.4. The first-order chi connectivity index (χ1) is 9.53. The lowest BCUT2D eigenvalue weighted by Gasteiger charge is -2.23. The molecule has 0 aliphatic carbocycles. The molecule has 6 nitrogen and oxygen atoms in total. The topological polar surface area (TPSA) is 74.2 Å². The van der Waals surface area contributed by atoms with Crippen molar-refractivity contribution in [1.82, 2.24) is 0 Å². The van der Waals surface area contributed by atoms with E-state index in [1.54, 1.807) is 28.3 Å². The van der Waals surface area contributed by atoms with Crippen molar-refractivity contribution in [2.75, 3.05) is 40.3 Å². The Kier molecular flexibility index (Phi) is 11.1. The lowest BCUT2D eigenvalue weighted by Crippen LogP contribution is -2.42. The van der Waals surface area contributed by atoms with E-state index in [0.29, 0.717) is 18.2 Å². The summed E-state index contributed by atoms with van der Waals surface area (Å²) in [4.78, 5) is 12.3. The summed E-state index contributed by atoms with van der Waals surface area (Å²) in [5.74, 6) is 0.187. The van der Waals surface area contributed by atoms with Crippen molar-refractivity contribution >= 4 is 26.5 Å². The van der Waals surface area contributed by atoms with Crippen LogP contribution in [0.3, 0.4) is 0 Å². The number of hydrogen-bond acceptors (Lipinski definition) is 7. The maximum Gasteiger partial charge on any atom is 0.500 e. The molecule has 0 aromatic heterocycles. The van der Waals surface area contributed by atoms with Gasteiger partial charge in [0.25, 0.3) is 0 Å². The van der Waals surface area contributed by atoms with Gasteiger partial charge < -0.3 is 23.1 Å². The van der Waals surface area contributed by atoms with E-state index in [1.165, 1.54) is 17.8 Å². The summed E-state index contributed by atoms with van der Waals surface area (Å²) in [5, 5.41) is 8.67. The van der Waals surface area contributed by atoms with E-state index >= 15 is 0 Å². The summed E-state index contributed by atoms with van der Waals surface area (Å²) < 4.78 is 20.9. The molecule has 118 valence electrons. The summed E-state index contributed by atoms with van der Waals surface area (Å²) in [7, 11) is 2.08. The summed E-state index contributed by atoms with van der Waals surface area (Å²) in [6.07, 6.45) is 2.04. The molecule has 0 bridgehead atoms. The van der Waals surface area contributed by atoms with Crippen LogP contribution in [0.2, 0.25) is 6.04 Å². The Morgan fingerprint density at radius 2 is 1.85 bits per heavy atom. The number of thioether (sulfide) groups is 1. The maximum atomic E-state index is 11.5. The highest BCUT2D eigenvalue weighted by atomic mass is 32.2. The Bertz CT molecular complexity index is 298. The highest BCUT2D eigenvalue weighted by molar-refractivity contribution is 8.03. The first-order valence-electron chi connectivity index (χ1n) is 6.27. The van der Waals surface area contributed by atoms with E-state index in [9.17, 15) is 4.79 Å². The molecule has 0 saturated heterocycles. The predicted octanol–water partition coefficient (Wildman–Crippen LogP) is 1.43. The van der Waals surface area contributed by atoms with Gasteiger partial charge in [-0.2, -0.15) is 0 Å². The number of esters is 1. The van der Waals surface area contributed by atoms with E-state index in [4.69, 9.17) is 23.1 Å². The molecular formula is C12H24O6SSi. The second-order valence-electron chi connectivity index (χ2n) is 3.89. The second-order valence-corrected chi connectivity index (χ2v) is 8.33. The highest BCUT2D eigenvalue weighted by Gasteiger charge is 2.36. The molecule has 0 aromatic carbocycles. The van der Waals surface area contributed by atoms with Crippen molar-refractivity contribution in [2.24, 2.45) is 0 Å². The first kappa shape index (κ1) is 19.6. The minimum absolute atomic E-state index is 0.0860. The lowest BCUT2D eigenvalue weighted by molar-refractivity contribution is -0.137. The molecule has 0 amide bonds. The van der Waals surface area contributed by atoms with Crippen LogP contribution in [0.5, 0.6) is 0 Å². The van der Waals surface area contributed by atoms with Crippen molar-refractivity contribution in [2.45, 2.75) is 19.4 Å². The van der Waals surface area contributed by atoms with Crippen molar-refractivity contribution in [3.8, 4) is 0 Å². The van der Waals surface area contributed by atoms with Gasteiger partial charge >= 0.3 is 14.8 Å². The second kappa shape index (κ2) is 11.3. The molecule has 0 aliphatic rings. The molecular weight excluding hydrogens is 300 g/mol. The minimum Gasteiger partial charge on any atom is -0.463 e. The molecule has 0 unspecified atom stereocenters. The molecule has 20 heavy (non-hydrogen) atoms. The number of carbonyl (C=O) groups is 1. The number of carbonyl (C=O) groups excluding carboxylic acids is 1. The summed E-state index contributed by atoms with van der Waals surface area (Å²) >= 11 is 1.42. The Morgan fingerprint density at radius 3 is 2.35 bits per heavy atom. The zero-order valence-electron chi connectivity index (χ0n) is 12.5. The van der Waals surface area contributed by atoms with Crippen LogP contribution in [0.15, 0.2) is 11.0 Å². The van der Waals surface area contributed by atoms with Crippen LogP contribution in [-0.4, -0.2) is 60.2 Å². The molecule has 0 spiro atoms. The Hall–Kier alpha value is -0.383. The largest absolute Gasteiger partial charge is 0.500 e. The quantitative estimate of drug-likeness (QED) is 0.267. The number of aliphatic hydroxyl groups excluding tert-OH is 1. The number of hydrogen-bond donors (Lipinski definition) is 1. The van der Waals surface area contributed by atoms with Crippen molar-refractivity contribution < 1.29 is 27.9 Å². The van der Waals surface area contributed by atoms with Gasteiger partial charge in [0, 0.05) is 39.2 Å². The van der Waals surface area contributed by atoms with Crippen LogP contribution in [0, 0.1) is 0 Å². The molecule has 0 radical (unpaired) electrons. The van der Waals surface area contributed by atoms with Gasteiger partial charge in [0.15, 0.2) is 0 Å². The van der Waals surface area contributed by atoms with Crippen LogP contribution in [-0.2, 0) is 22.8 Å². The van der Waals surface area contributed by atoms with Crippen LogP contribution in [0.4, 0.5) is 0 Å². The van der Waals surface area contributed by atoms with Crippen molar-refractivity contribution in [3.63, 3.8) is 0 Å². The summed E-state index contributed by atoms with van der Waals surface area (Å²) in [5.41, 5.74) is 0. The smallest absolute Gasteiger partial charge is 0.463 e. The van der Waals surface area contributed by atoms with E-state index < -0.39 is 8.80 Å². The van der Waals surface area contributed by atoms with Gasteiger partial charge in [-0.05, 0) is 18.2 Å². The van der Waals surface area contributed by atoms with E-state index in [0.717, 1.165) is 4.91 Å². The number of allylic oxidation sites excluding steroid dienone is 1. The van der Waals surface area contributed by atoms with Crippen molar-refractivity contribution in [3.05, 3.63) is 11.0 Å². The molecule has 0 heterocycles. The lowest BCUT2D eigenvalue weighted by atomic mass is 10.5. The van der Waals surface area contributed by atoms with Gasteiger partial charge in [-0.25, -0.2) is 4.79 Å². The molecule has 8 heteroatoms. The van der Waals surface area contributed by atoms with Gasteiger partial charge in [0.05, 0.1) is 13.2 Å². The third-order valence-electron chi connectivity index (χ3n) is 2.55. The third-order valence-corrected chi connectivity index (χ3v) is 6.34. The van der Waals surface area contributed by atoms with Crippen LogP contribution in [0.1, 0.15) is 13.3 Å². The number of ether oxygens (including phenoxy) is 1. The molecule has 0 fully saturated rings. The monoisotopic (exact) mass is 324 g/mol. The fourth-order valence-electron chi connectivity index (χ4n) is 1.47. The third kappa shape index (κ3) is 8.03. The highest BCUT2D eigenvalue weighted by Crippen LogP contribution is 2.16. The fourth-order valence-corrected chi connectivity index (χ4v) is 3.76. The summed E-state index contributed by atoms with van der Waals surface area (Å²) in [6, 6.07) is 0.589. The SMILES string of the molecule is CO[Si](CCCOC(=O)/C=C(/C)SCCO)(OC)OC. The van der Waals surface area contributed by atoms with Gasteiger partial charge in [0.2, 0.25) is 0 Å². The molecule has 0 saturated carbocycles. The Labute approximate surface area is 125 Å². The Balaban J connectivity index is 3.97. The molecule has 0 aliphatic heterocycles. The van der Waals surface area contributed by atoms with Gasteiger partial charge in [-0.1, -0.05) is 0 Å². The number of rotatable bonds is 11. The standard InChI is InChI=1S/C12H24O6SSi/c1-11(19-8-6-13)10-12(14)18-7-5-9-20(15-2,16-3)17-4/h10,13H,5-9H2,1-4H3/b11-10-.